The molecule has 0 aliphatic heterocycles. The summed E-state index contributed by atoms with van der Waals surface area (Å²) in [5, 5.41) is 5.22. The Labute approximate surface area is 138 Å². The number of hydrogen-bond donors (Lipinski definition) is 0. The summed E-state index contributed by atoms with van der Waals surface area (Å²) in [6.07, 6.45) is 3.71. The fourth-order valence-corrected chi connectivity index (χ4v) is 2.82. The highest BCUT2D eigenvalue weighted by Gasteiger charge is 2.18. The Morgan fingerprint density at radius 2 is 2.14 bits per heavy atom. The van der Waals surface area contributed by atoms with Gasteiger partial charge in [-0.05, 0) is 45.0 Å². The number of nitrogens with zero attached hydrogens (tertiary/aromatic N) is 4. The molecule has 4 nitrogen and oxygen atoms in total. The van der Waals surface area contributed by atoms with E-state index in [1.165, 1.54) is 5.56 Å². The second-order valence-electron chi connectivity index (χ2n) is 5.99. The van der Waals surface area contributed by atoms with E-state index >= 15 is 0 Å². The van der Waals surface area contributed by atoms with E-state index in [1.54, 1.807) is 4.68 Å². The van der Waals surface area contributed by atoms with Crippen LogP contribution in [-0.4, -0.2) is 32.8 Å². The minimum absolute atomic E-state index is 0.385. The highest BCUT2D eigenvalue weighted by Crippen LogP contribution is 2.22. The molecule has 0 amide bonds. The first-order valence-corrected chi connectivity index (χ1v) is 8.12. The summed E-state index contributed by atoms with van der Waals surface area (Å²) in [4.78, 5) is 6.77. The number of likely N-dealkylation sites (N-methyl/N-ethyl adjacent to an activating group) is 1. The number of pyridine rings is 1. The Morgan fingerprint density at radius 3 is 2.77 bits per heavy atom. The third-order valence-electron chi connectivity index (χ3n) is 4.12. The molecule has 0 unspecified atom stereocenters. The van der Waals surface area contributed by atoms with Crippen molar-refractivity contribution < 1.29 is 0 Å². The number of rotatable bonds is 6. The van der Waals surface area contributed by atoms with Crippen molar-refractivity contribution in [1.29, 1.82) is 0 Å². The van der Waals surface area contributed by atoms with Crippen LogP contribution in [0.2, 0.25) is 5.15 Å². The van der Waals surface area contributed by atoms with E-state index in [1.807, 2.05) is 19.3 Å². The molecule has 0 saturated heterocycles. The van der Waals surface area contributed by atoms with Gasteiger partial charge in [-0.2, -0.15) is 5.10 Å². The molecule has 22 heavy (non-hydrogen) atoms. The molecular weight excluding hydrogens is 296 g/mol. The lowest BCUT2D eigenvalue weighted by atomic mass is 10.1. The number of halogens is 1. The van der Waals surface area contributed by atoms with E-state index < -0.39 is 0 Å². The van der Waals surface area contributed by atoms with Crippen molar-refractivity contribution in [1.82, 2.24) is 19.7 Å². The highest BCUT2D eigenvalue weighted by atomic mass is 35.5. The van der Waals surface area contributed by atoms with Crippen LogP contribution in [0.5, 0.6) is 0 Å². The van der Waals surface area contributed by atoms with Crippen molar-refractivity contribution in [2.45, 2.75) is 46.2 Å². The quantitative estimate of drug-likeness (QED) is 0.818. The van der Waals surface area contributed by atoms with Crippen molar-refractivity contribution in [2.75, 3.05) is 7.05 Å². The molecule has 1 atom stereocenters. The molecule has 5 heteroatoms. The van der Waals surface area contributed by atoms with Crippen molar-refractivity contribution in [3.8, 4) is 0 Å². The average Bonchev–Trinajstić information content (AvgIpc) is 2.75. The van der Waals surface area contributed by atoms with Crippen LogP contribution >= 0.6 is 11.6 Å². The molecule has 2 rings (SSSR count). The van der Waals surface area contributed by atoms with Crippen molar-refractivity contribution in [3.63, 3.8) is 0 Å². The van der Waals surface area contributed by atoms with Crippen LogP contribution in [-0.2, 0) is 26.4 Å². The largest absolute Gasteiger partial charge is 0.299 e. The molecule has 0 aliphatic carbocycles. The number of aryl methyl sites for hydroxylation is 3. The molecule has 0 radical (unpaired) electrons. The third-order valence-corrected chi connectivity index (χ3v) is 4.60. The molecule has 0 aliphatic rings. The van der Waals surface area contributed by atoms with E-state index in [2.05, 4.69) is 48.9 Å². The number of aromatic nitrogens is 3. The lowest BCUT2D eigenvalue weighted by Crippen LogP contribution is -2.31. The fraction of sp³-hybridized carbons (Fsp3) is 0.529. The normalized spacial score (nSPS) is 12.9. The van der Waals surface area contributed by atoms with Gasteiger partial charge in [-0.15, -0.1) is 0 Å². The maximum atomic E-state index is 6.38. The SMILES string of the molecule is CCc1nn(C)c(Cl)c1CN(C)[C@@H](C)Cc1cc(C)ccn1. The van der Waals surface area contributed by atoms with Gasteiger partial charge < -0.3 is 0 Å². The van der Waals surface area contributed by atoms with Gasteiger partial charge >= 0.3 is 0 Å². The van der Waals surface area contributed by atoms with Gasteiger partial charge in [0.2, 0.25) is 0 Å². The molecule has 0 spiro atoms. The van der Waals surface area contributed by atoms with Crippen molar-refractivity contribution in [2.24, 2.45) is 7.05 Å². The lowest BCUT2D eigenvalue weighted by Gasteiger charge is -2.24. The summed E-state index contributed by atoms with van der Waals surface area (Å²) in [5.74, 6) is 0. The predicted octanol–water partition coefficient (Wildman–Crippen LogP) is 3.40. The first-order chi connectivity index (χ1) is 10.4. The van der Waals surface area contributed by atoms with Gasteiger partial charge in [0.05, 0.1) is 5.69 Å². The fourth-order valence-electron chi connectivity index (χ4n) is 2.61. The molecule has 0 fully saturated rings. The summed E-state index contributed by atoms with van der Waals surface area (Å²) in [6, 6.07) is 4.56. The minimum Gasteiger partial charge on any atom is -0.299 e. The maximum Gasteiger partial charge on any atom is 0.131 e. The van der Waals surface area contributed by atoms with E-state index in [-0.39, 0.29) is 0 Å². The molecule has 0 aromatic carbocycles. The van der Waals surface area contributed by atoms with Crippen LogP contribution in [0.25, 0.3) is 0 Å². The first kappa shape index (κ1) is 17.0. The molecule has 2 aromatic rings. The van der Waals surface area contributed by atoms with Gasteiger partial charge in [-0.1, -0.05) is 18.5 Å². The van der Waals surface area contributed by atoms with Crippen LogP contribution in [0.15, 0.2) is 18.3 Å². The second kappa shape index (κ2) is 7.25. The zero-order valence-corrected chi connectivity index (χ0v) is 14.9. The Morgan fingerprint density at radius 1 is 1.41 bits per heavy atom. The molecule has 2 aromatic heterocycles. The van der Waals surface area contributed by atoms with Gasteiger partial charge in [0.1, 0.15) is 5.15 Å². The minimum atomic E-state index is 0.385. The van der Waals surface area contributed by atoms with Gasteiger partial charge in [0.25, 0.3) is 0 Å². The maximum absolute atomic E-state index is 6.38. The van der Waals surface area contributed by atoms with Gasteiger partial charge in [-0.3, -0.25) is 14.6 Å². The monoisotopic (exact) mass is 320 g/mol. The highest BCUT2D eigenvalue weighted by molar-refractivity contribution is 6.30. The van der Waals surface area contributed by atoms with Crippen molar-refractivity contribution in [3.05, 3.63) is 46.0 Å². The molecular formula is C17H25ClN4. The Kier molecular flexibility index (Phi) is 5.59. The van der Waals surface area contributed by atoms with Crippen LogP contribution in [0, 0.1) is 6.92 Å². The van der Waals surface area contributed by atoms with Crippen LogP contribution in [0.3, 0.4) is 0 Å². The molecule has 0 saturated carbocycles. The van der Waals surface area contributed by atoms with E-state index in [0.717, 1.165) is 41.5 Å². The topological polar surface area (TPSA) is 34.0 Å². The third kappa shape index (κ3) is 3.87. The summed E-state index contributed by atoms with van der Waals surface area (Å²) >= 11 is 6.38. The first-order valence-electron chi connectivity index (χ1n) is 7.74. The van der Waals surface area contributed by atoms with E-state index in [4.69, 9.17) is 11.6 Å². The zero-order chi connectivity index (χ0) is 16.3. The zero-order valence-electron chi connectivity index (χ0n) is 14.1. The Balaban J connectivity index is 2.07. The average molecular weight is 321 g/mol. The number of hydrogen-bond acceptors (Lipinski definition) is 3. The predicted molar refractivity (Wildman–Crippen MR) is 91.2 cm³/mol. The van der Waals surface area contributed by atoms with Gasteiger partial charge in [0.15, 0.2) is 0 Å². The summed E-state index contributed by atoms with van der Waals surface area (Å²) < 4.78 is 1.76. The van der Waals surface area contributed by atoms with Crippen LogP contribution in [0.4, 0.5) is 0 Å². The van der Waals surface area contributed by atoms with E-state index in [0.29, 0.717) is 6.04 Å². The molecule has 120 valence electrons. The summed E-state index contributed by atoms with van der Waals surface area (Å²) in [6.45, 7) is 7.24. The van der Waals surface area contributed by atoms with E-state index in [9.17, 15) is 0 Å². The second-order valence-corrected chi connectivity index (χ2v) is 6.34. The van der Waals surface area contributed by atoms with Crippen molar-refractivity contribution >= 4 is 11.6 Å². The lowest BCUT2D eigenvalue weighted by molar-refractivity contribution is 0.246. The van der Waals surface area contributed by atoms with Crippen LogP contribution in [0.1, 0.15) is 36.4 Å². The summed E-state index contributed by atoms with van der Waals surface area (Å²) in [5.41, 5.74) is 4.61. The van der Waals surface area contributed by atoms with Gasteiger partial charge in [0, 0.05) is 43.5 Å². The smallest absolute Gasteiger partial charge is 0.131 e. The Hall–Kier alpha value is -1.39. The van der Waals surface area contributed by atoms with Gasteiger partial charge in [-0.25, -0.2) is 0 Å². The standard InChI is InChI=1S/C17H25ClN4/c1-6-16-15(17(18)22(5)20-16)11-21(4)13(3)10-14-9-12(2)7-8-19-14/h7-9,13H,6,10-11H2,1-5H3/t13-/m0/s1. The Bertz CT molecular complexity index is 636. The molecule has 0 bridgehead atoms. The molecule has 0 N–H and O–H groups in total. The molecule has 2 heterocycles. The summed E-state index contributed by atoms with van der Waals surface area (Å²) in [7, 11) is 4.02. The van der Waals surface area contributed by atoms with Crippen LogP contribution < -0.4 is 0 Å².